The molecule has 0 bridgehead atoms. The van der Waals surface area contributed by atoms with E-state index in [1.165, 1.54) is 0 Å². The third kappa shape index (κ3) is 25.6. The first kappa shape index (κ1) is 22.6. The van der Waals surface area contributed by atoms with E-state index in [0.29, 0.717) is 0 Å². The Labute approximate surface area is 100 Å². The standard InChI is InChI=1S/C2H5NO2.Ba.2ClH/c3-1-2(4)5;;;/h1,3H2,(H,4,5);;2*1H/q;+2;;/p-2. The summed E-state index contributed by atoms with van der Waals surface area (Å²) in [5.74, 6) is -0.968. The van der Waals surface area contributed by atoms with Crippen LogP contribution in [0.2, 0.25) is 0 Å². The predicted molar refractivity (Wildman–Crippen MR) is 22.4 cm³/mol. The number of hydrogen-bond donors (Lipinski definition) is 2. The Morgan fingerprint density at radius 1 is 1.50 bits per heavy atom. The van der Waals surface area contributed by atoms with Crippen LogP contribution < -0.4 is 30.5 Å². The third-order valence-corrected chi connectivity index (χ3v) is 0.175. The van der Waals surface area contributed by atoms with Crippen LogP contribution in [0.25, 0.3) is 0 Å². The molecule has 0 aromatic rings. The van der Waals surface area contributed by atoms with Crippen molar-refractivity contribution in [1.82, 2.24) is 0 Å². The first-order chi connectivity index (χ1) is 2.27. The summed E-state index contributed by atoms with van der Waals surface area (Å²) in [6, 6.07) is 0. The van der Waals surface area contributed by atoms with Gasteiger partial charge in [-0.25, -0.2) is 0 Å². The van der Waals surface area contributed by atoms with Crippen LogP contribution in [-0.2, 0) is 4.79 Å². The Morgan fingerprint density at radius 3 is 1.62 bits per heavy atom. The van der Waals surface area contributed by atoms with Crippen molar-refractivity contribution in [1.29, 1.82) is 0 Å². The molecule has 0 radical (unpaired) electrons. The topological polar surface area (TPSA) is 63.3 Å². The monoisotopic (exact) mass is 283 g/mol. The Kier molecular flexibility index (Phi) is 44.8. The van der Waals surface area contributed by atoms with Gasteiger partial charge in [-0.3, -0.25) is 4.79 Å². The van der Waals surface area contributed by atoms with Crippen LogP contribution in [0, 0.1) is 0 Å². The zero-order valence-electron chi connectivity index (χ0n) is 4.10. The number of carboxylic acids is 1. The van der Waals surface area contributed by atoms with E-state index in [0.717, 1.165) is 0 Å². The molecule has 0 fully saturated rings. The van der Waals surface area contributed by atoms with E-state index in [9.17, 15) is 4.79 Å². The van der Waals surface area contributed by atoms with E-state index in [-0.39, 0.29) is 80.2 Å². The summed E-state index contributed by atoms with van der Waals surface area (Å²) in [4.78, 5) is 9.24. The maximum Gasteiger partial charge on any atom is 2.00 e. The minimum absolute atomic E-state index is 0. The fourth-order valence-corrected chi connectivity index (χ4v) is 0. The molecule has 46 valence electrons. The average Bonchev–Trinajstić information content (AvgIpc) is 1.38. The Morgan fingerprint density at radius 2 is 1.62 bits per heavy atom. The van der Waals surface area contributed by atoms with Crippen LogP contribution >= 0.6 is 0 Å². The van der Waals surface area contributed by atoms with Crippen LogP contribution in [-0.4, -0.2) is 66.5 Å². The molecule has 0 amide bonds. The molecule has 0 aliphatic rings. The van der Waals surface area contributed by atoms with Crippen LogP contribution in [0.15, 0.2) is 0 Å². The summed E-state index contributed by atoms with van der Waals surface area (Å²) >= 11 is 0. The Hall–Kier alpha value is 1.58. The van der Waals surface area contributed by atoms with Gasteiger partial charge in [0.25, 0.3) is 0 Å². The van der Waals surface area contributed by atoms with Crippen molar-refractivity contribution in [2.24, 2.45) is 5.73 Å². The zero-order valence-corrected chi connectivity index (χ0v) is 10.1. The number of halogens is 2. The zero-order chi connectivity index (χ0) is 4.28. The second kappa shape index (κ2) is 15.8. The van der Waals surface area contributed by atoms with Gasteiger partial charge in [0.2, 0.25) is 0 Å². The summed E-state index contributed by atoms with van der Waals surface area (Å²) < 4.78 is 0. The quantitative estimate of drug-likeness (QED) is 0.470. The molecule has 6 heteroatoms. The summed E-state index contributed by atoms with van der Waals surface area (Å²) in [5, 5.41) is 7.60. The van der Waals surface area contributed by atoms with Crippen LogP contribution in [0.4, 0.5) is 0 Å². The van der Waals surface area contributed by atoms with E-state index in [1.807, 2.05) is 0 Å². The average molecular weight is 283 g/mol. The molecule has 8 heavy (non-hydrogen) atoms. The van der Waals surface area contributed by atoms with E-state index in [1.54, 1.807) is 0 Å². The molecule has 0 saturated carbocycles. The Balaban J connectivity index is -0.0000000267. The molecule has 0 rings (SSSR count). The number of aliphatic carboxylic acids is 1. The maximum atomic E-state index is 9.24. The van der Waals surface area contributed by atoms with Gasteiger partial charge in [-0.1, -0.05) is 0 Å². The molecule has 0 aliphatic carbocycles. The molecule has 0 saturated heterocycles. The minimum Gasteiger partial charge on any atom is -1.00 e. The Bertz CT molecular complexity index is 53.3. The normalized spacial score (nSPS) is 4.62. The van der Waals surface area contributed by atoms with Gasteiger partial charge in [-0.15, -0.1) is 0 Å². The van der Waals surface area contributed by atoms with Crippen molar-refractivity contribution in [2.75, 3.05) is 6.54 Å². The molecule has 0 aromatic carbocycles. The van der Waals surface area contributed by atoms with Gasteiger partial charge in [0.1, 0.15) is 0 Å². The van der Waals surface area contributed by atoms with Crippen molar-refractivity contribution in [3.8, 4) is 0 Å². The van der Waals surface area contributed by atoms with Gasteiger partial charge in [0.15, 0.2) is 0 Å². The summed E-state index contributed by atoms with van der Waals surface area (Å²) in [7, 11) is 0. The molecule has 0 heterocycles. The molecule has 0 aromatic heterocycles. The molecular weight excluding hydrogens is 278 g/mol. The molecule has 0 atom stereocenters. The second-order valence-corrected chi connectivity index (χ2v) is 0.598. The van der Waals surface area contributed by atoms with Gasteiger partial charge in [0, 0.05) is 0 Å². The van der Waals surface area contributed by atoms with E-state index >= 15 is 0 Å². The number of rotatable bonds is 1. The summed E-state index contributed by atoms with van der Waals surface area (Å²) in [6.45, 7) is -0.278. The van der Waals surface area contributed by atoms with Crippen LogP contribution in [0.3, 0.4) is 0 Å². The fraction of sp³-hybridized carbons (Fsp3) is 0.500. The van der Waals surface area contributed by atoms with Gasteiger partial charge in [-0.2, -0.15) is 0 Å². The molecule has 3 N–H and O–H groups in total. The third-order valence-electron chi connectivity index (χ3n) is 0.175. The SMILES string of the molecule is NCC(=O)O.[Ba+2].[Cl-].[Cl-]. The fourth-order valence-electron chi connectivity index (χ4n) is 0. The smallest absolute Gasteiger partial charge is 1.00 e. The van der Waals surface area contributed by atoms with Gasteiger partial charge < -0.3 is 35.7 Å². The molecular formula is C2H5BaCl2NO2. The largest absolute Gasteiger partial charge is 2.00 e. The number of carbonyl (C=O) groups is 1. The van der Waals surface area contributed by atoms with Crippen molar-refractivity contribution in [3.05, 3.63) is 0 Å². The number of hydrogen-bond acceptors (Lipinski definition) is 2. The molecule has 0 aliphatic heterocycles. The summed E-state index contributed by atoms with van der Waals surface area (Å²) in [5.41, 5.74) is 4.57. The van der Waals surface area contributed by atoms with E-state index in [2.05, 4.69) is 5.73 Å². The van der Waals surface area contributed by atoms with Crippen molar-refractivity contribution in [3.63, 3.8) is 0 Å². The van der Waals surface area contributed by atoms with Crippen LogP contribution in [0.5, 0.6) is 0 Å². The van der Waals surface area contributed by atoms with Crippen molar-refractivity contribution in [2.45, 2.75) is 0 Å². The van der Waals surface area contributed by atoms with Crippen molar-refractivity contribution < 1.29 is 34.7 Å². The van der Waals surface area contributed by atoms with Gasteiger partial charge in [0.05, 0.1) is 6.54 Å². The molecule has 0 spiro atoms. The molecule has 3 nitrogen and oxygen atoms in total. The number of carboxylic acid groups (broad SMARTS) is 1. The number of nitrogens with two attached hydrogens (primary N) is 1. The van der Waals surface area contributed by atoms with Gasteiger partial charge >= 0.3 is 54.9 Å². The summed E-state index contributed by atoms with van der Waals surface area (Å²) in [6.07, 6.45) is 0. The van der Waals surface area contributed by atoms with Crippen molar-refractivity contribution >= 4 is 54.9 Å². The minimum atomic E-state index is -0.968. The second-order valence-electron chi connectivity index (χ2n) is 0.598. The first-order valence-corrected chi connectivity index (χ1v) is 1.19. The first-order valence-electron chi connectivity index (χ1n) is 1.19. The maximum absolute atomic E-state index is 9.24. The van der Waals surface area contributed by atoms with E-state index < -0.39 is 5.97 Å². The van der Waals surface area contributed by atoms with E-state index in [4.69, 9.17) is 5.11 Å². The van der Waals surface area contributed by atoms with Gasteiger partial charge in [-0.05, 0) is 0 Å². The predicted octanol–water partition coefficient (Wildman–Crippen LogP) is -7.34. The van der Waals surface area contributed by atoms with Crippen LogP contribution in [0.1, 0.15) is 0 Å². The molecule has 0 unspecified atom stereocenters.